The predicted molar refractivity (Wildman–Crippen MR) is 94.2 cm³/mol. The number of carbonyl (C=O) groups excluding carboxylic acids is 1. The zero-order valence-electron chi connectivity index (χ0n) is 14.0. The molecular weight excluding hydrogens is 318 g/mol. The number of nitrogens with one attached hydrogen (secondary N) is 1. The molecule has 2 aromatic rings. The van der Waals surface area contributed by atoms with Crippen LogP contribution in [0.5, 0.6) is 11.5 Å². The molecule has 0 spiro atoms. The van der Waals surface area contributed by atoms with Crippen LogP contribution in [-0.4, -0.2) is 32.3 Å². The third kappa shape index (κ3) is 2.96. The molecule has 4 rings (SSSR count). The van der Waals surface area contributed by atoms with E-state index in [2.05, 4.69) is 5.32 Å². The fraction of sp³-hybridized carbons (Fsp3) is 0.350. The number of carbonyl (C=O) groups is 1. The Bertz CT molecular complexity index is 754. The third-order valence-corrected chi connectivity index (χ3v) is 4.92. The molecular formula is C20H21NO4. The van der Waals surface area contributed by atoms with Crippen molar-refractivity contribution in [1.82, 2.24) is 0 Å². The monoisotopic (exact) mass is 339 g/mol. The maximum absolute atomic E-state index is 13.3. The second kappa shape index (κ2) is 6.76. The SMILES string of the molecule is O=C(Nc1cccc2c1OCCO2)C1(c2ccccc2)CCOCC1. The first-order valence-corrected chi connectivity index (χ1v) is 8.63. The molecule has 5 heteroatoms. The molecule has 1 amide bonds. The Morgan fingerprint density at radius 2 is 1.64 bits per heavy atom. The van der Waals surface area contributed by atoms with Crippen LogP contribution in [0.25, 0.3) is 0 Å². The normalized spacial score (nSPS) is 18.4. The molecule has 0 aromatic heterocycles. The van der Waals surface area contributed by atoms with E-state index in [1.165, 1.54) is 0 Å². The van der Waals surface area contributed by atoms with Gasteiger partial charge in [-0.2, -0.15) is 0 Å². The minimum Gasteiger partial charge on any atom is -0.486 e. The van der Waals surface area contributed by atoms with Gasteiger partial charge in [-0.3, -0.25) is 4.79 Å². The molecule has 25 heavy (non-hydrogen) atoms. The van der Waals surface area contributed by atoms with Crippen molar-refractivity contribution >= 4 is 11.6 Å². The molecule has 2 heterocycles. The van der Waals surface area contributed by atoms with E-state index in [-0.39, 0.29) is 5.91 Å². The van der Waals surface area contributed by atoms with E-state index in [1.807, 2.05) is 48.5 Å². The standard InChI is InChI=1S/C20H21NO4/c22-19(21-16-7-4-8-17-18(16)25-14-13-24-17)20(9-11-23-12-10-20)15-5-2-1-3-6-15/h1-8H,9-14H2,(H,21,22). The highest BCUT2D eigenvalue weighted by molar-refractivity contribution is 6.00. The quantitative estimate of drug-likeness (QED) is 0.933. The Labute approximate surface area is 146 Å². The average Bonchev–Trinajstić information content (AvgIpc) is 2.69. The molecule has 130 valence electrons. The molecule has 5 nitrogen and oxygen atoms in total. The van der Waals surface area contributed by atoms with Gasteiger partial charge in [0.2, 0.25) is 5.91 Å². The van der Waals surface area contributed by atoms with Gasteiger partial charge >= 0.3 is 0 Å². The summed E-state index contributed by atoms with van der Waals surface area (Å²) in [4.78, 5) is 13.3. The van der Waals surface area contributed by atoms with E-state index in [0.717, 1.165) is 5.56 Å². The van der Waals surface area contributed by atoms with Gasteiger partial charge < -0.3 is 19.5 Å². The maximum Gasteiger partial charge on any atom is 0.235 e. The largest absolute Gasteiger partial charge is 0.486 e. The lowest BCUT2D eigenvalue weighted by molar-refractivity contribution is -0.125. The van der Waals surface area contributed by atoms with Gasteiger partial charge in [0.05, 0.1) is 11.1 Å². The van der Waals surface area contributed by atoms with E-state index in [9.17, 15) is 4.79 Å². The number of hydrogen-bond donors (Lipinski definition) is 1. The van der Waals surface area contributed by atoms with Crippen molar-refractivity contribution in [3.63, 3.8) is 0 Å². The Balaban J connectivity index is 1.66. The second-order valence-electron chi connectivity index (χ2n) is 6.34. The number of ether oxygens (including phenoxy) is 3. The van der Waals surface area contributed by atoms with Crippen molar-refractivity contribution < 1.29 is 19.0 Å². The fourth-order valence-corrected chi connectivity index (χ4v) is 3.54. The van der Waals surface area contributed by atoms with Crippen LogP contribution in [0.3, 0.4) is 0 Å². The molecule has 1 saturated heterocycles. The molecule has 2 aliphatic rings. The van der Waals surface area contributed by atoms with Crippen molar-refractivity contribution in [3.05, 3.63) is 54.1 Å². The van der Waals surface area contributed by atoms with Gasteiger partial charge in [0, 0.05) is 13.2 Å². The van der Waals surface area contributed by atoms with Gasteiger partial charge in [-0.05, 0) is 30.5 Å². The summed E-state index contributed by atoms with van der Waals surface area (Å²) >= 11 is 0. The fourth-order valence-electron chi connectivity index (χ4n) is 3.54. The Hall–Kier alpha value is -2.53. The molecule has 0 atom stereocenters. The topological polar surface area (TPSA) is 56.8 Å². The van der Waals surface area contributed by atoms with Crippen LogP contribution >= 0.6 is 0 Å². The number of hydrogen-bond acceptors (Lipinski definition) is 4. The van der Waals surface area contributed by atoms with Crippen LogP contribution in [0.1, 0.15) is 18.4 Å². The van der Waals surface area contributed by atoms with Crippen molar-refractivity contribution in [2.75, 3.05) is 31.7 Å². The molecule has 0 aliphatic carbocycles. The predicted octanol–water partition coefficient (Wildman–Crippen LogP) is 3.14. The molecule has 1 N–H and O–H groups in total. The molecule has 0 radical (unpaired) electrons. The molecule has 0 saturated carbocycles. The van der Waals surface area contributed by atoms with E-state index in [0.29, 0.717) is 56.5 Å². The highest BCUT2D eigenvalue weighted by Crippen LogP contribution is 2.40. The molecule has 0 unspecified atom stereocenters. The first kappa shape index (κ1) is 16.0. The van der Waals surface area contributed by atoms with Crippen molar-refractivity contribution in [1.29, 1.82) is 0 Å². The molecule has 2 aromatic carbocycles. The van der Waals surface area contributed by atoms with Gasteiger partial charge in [-0.1, -0.05) is 36.4 Å². The zero-order chi connectivity index (χ0) is 17.1. The summed E-state index contributed by atoms with van der Waals surface area (Å²) in [5, 5.41) is 3.08. The maximum atomic E-state index is 13.3. The van der Waals surface area contributed by atoms with Crippen LogP contribution < -0.4 is 14.8 Å². The average molecular weight is 339 g/mol. The van der Waals surface area contributed by atoms with Crippen LogP contribution in [-0.2, 0) is 14.9 Å². The van der Waals surface area contributed by atoms with Crippen LogP contribution in [0.2, 0.25) is 0 Å². The van der Waals surface area contributed by atoms with E-state index >= 15 is 0 Å². The van der Waals surface area contributed by atoms with E-state index in [1.54, 1.807) is 0 Å². The summed E-state index contributed by atoms with van der Waals surface area (Å²) in [7, 11) is 0. The van der Waals surface area contributed by atoms with Crippen LogP contribution in [0.15, 0.2) is 48.5 Å². The van der Waals surface area contributed by atoms with Gasteiger partial charge in [-0.15, -0.1) is 0 Å². The summed E-state index contributed by atoms with van der Waals surface area (Å²) < 4.78 is 16.8. The summed E-state index contributed by atoms with van der Waals surface area (Å²) in [6.45, 7) is 2.16. The summed E-state index contributed by atoms with van der Waals surface area (Å²) in [5.41, 5.74) is 1.10. The smallest absolute Gasteiger partial charge is 0.235 e. The zero-order valence-corrected chi connectivity index (χ0v) is 14.0. The highest BCUT2D eigenvalue weighted by Gasteiger charge is 2.42. The number of para-hydroxylation sites is 1. The number of benzene rings is 2. The summed E-state index contributed by atoms with van der Waals surface area (Å²) in [6.07, 6.45) is 1.32. The minimum atomic E-state index is -0.586. The lowest BCUT2D eigenvalue weighted by atomic mass is 9.73. The Morgan fingerprint density at radius 3 is 2.44 bits per heavy atom. The highest BCUT2D eigenvalue weighted by atomic mass is 16.6. The number of rotatable bonds is 3. The molecule has 1 fully saturated rings. The summed E-state index contributed by atoms with van der Waals surface area (Å²) in [6, 6.07) is 15.5. The van der Waals surface area contributed by atoms with Crippen molar-refractivity contribution in [2.45, 2.75) is 18.3 Å². The van der Waals surface area contributed by atoms with Gasteiger partial charge in [-0.25, -0.2) is 0 Å². The van der Waals surface area contributed by atoms with Crippen LogP contribution in [0, 0.1) is 0 Å². The van der Waals surface area contributed by atoms with E-state index in [4.69, 9.17) is 14.2 Å². The van der Waals surface area contributed by atoms with Gasteiger partial charge in [0.25, 0.3) is 0 Å². The first-order chi connectivity index (χ1) is 12.3. The molecule has 0 bridgehead atoms. The van der Waals surface area contributed by atoms with Crippen LogP contribution in [0.4, 0.5) is 5.69 Å². The van der Waals surface area contributed by atoms with Crippen molar-refractivity contribution in [3.8, 4) is 11.5 Å². The van der Waals surface area contributed by atoms with Gasteiger partial charge in [0.15, 0.2) is 11.5 Å². The Kier molecular flexibility index (Phi) is 4.32. The number of fused-ring (bicyclic) bond motifs is 1. The minimum absolute atomic E-state index is 0.0235. The lowest BCUT2D eigenvalue weighted by Gasteiger charge is -2.36. The molecule has 2 aliphatic heterocycles. The van der Waals surface area contributed by atoms with E-state index < -0.39 is 5.41 Å². The van der Waals surface area contributed by atoms with Crippen molar-refractivity contribution in [2.24, 2.45) is 0 Å². The second-order valence-corrected chi connectivity index (χ2v) is 6.34. The first-order valence-electron chi connectivity index (χ1n) is 8.63. The summed E-state index contributed by atoms with van der Waals surface area (Å²) in [5.74, 6) is 1.26. The Morgan fingerprint density at radius 1 is 0.880 bits per heavy atom. The number of amides is 1. The third-order valence-electron chi connectivity index (χ3n) is 4.92. The van der Waals surface area contributed by atoms with Gasteiger partial charge in [0.1, 0.15) is 13.2 Å². The lowest BCUT2D eigenvalue weighted by Crippen LogP contribution is -2.44. The number of anilines is 1.